The van der Waals surface area contributed by atoms with E-state index < -0.39 is 16.9 Å². The topological polar surface area (TPSA) is 57.6 Å². The van der Waals surface area contributed by atoms with Crippen LogP contribution in [0.15, 0.2) is 24.3 Å². The Morgan fingerprint density at radius 3 is 2.74 bits per heavy atom. The number of amides is 1. The molecule has 2 heterocycles. The van der Waals surface area contributed by atoms with Crippen LogP contribution in [0.1, 0.15) is 24.0 Å². The van der Waals surface area contributed by atoms with Crippen LogP contribution in [0.4, 0.5) is 0 Å². The molecular weight excluding hydrogens is 262 g/mol. The van der Waals surface area contributed by atoms with E-state index in [0.29, 0.717) is 18.6 Å². The average Bonchev–Trinajstić information content (AvgIpc) is 2.90. The minimum Gasteiger partial charge on any atom is -0.480 e. The minimum absolute atomic E-state index is 0.0435. The van der Waals surface area contributed by atoms with Gasteiger partial charge < -0.3 is 10.0 Å². The van der Waals surface area contributed by atoms with Gasteiger partial charge in [0, 0.05) is 12.2 Å². The van der Waals surface area contributed by atoms with Crippen LogP contribution in [-0.4, -0.2) is 33.7 Å². The summed E-state index contributed by atoms with van der Waals surface area (Å²) in [5.74, 6) is -0.482. The highest BCUT2D eigenvalue weighted by Crippen LogP contribution is 2.54. The van der Waals surface area contributed by atoms with Gasteiger partial charge in [0.25, 0.3) is 0 Å². The third kappa shape index (κ3) is 1.75. The monoisotopic (exact) mass is 277 g/mol. The maximum Gasteiger partial charge on any atom is 0.327 e. The molecule has 1 aromatic carbocycles. The van der Waals surface area contributed by atoms with Crippen LogP contribution in [0, 0.1) is 6.92 Å². The quantitative estimate of drug-likeness (QED) is 0.898. The molecule has 4 nitrogen and oxygen atoms in total. The molecule has 1 N–H and O–H groups in total. The van der Waals surface area contributed by atoms with Crippen LogP contribution in [0.3, 0.4) is 0 Å². The van der Waals surface area contributed by atoms with E-state index >= 15 is 0 Å². The first-order valence-corrected chi connectivity index (χ1v) is 7.29. The number of benzene rings is 1. The molecule has 2 saturated heterocycles. The Kier molecular flexibility index (Phi) is 2.82. The Morgan fingerprint density at radius 2 is 2.11 bits per heavy atom. The van der Waals surface area contributed by atoms with Crippen LogP contribution in [0.25, 0.3) is 0 Å². The number of carbonyl (C=O) groups is 2. The first-order chi connectivity index (χ1) is 9.04. The lowest BCUT2D eigenvalue weighted by Gasteiger charge is -2.33. The lowest BCUT2D eigenvalue weighted by Crippen LogP contribution is -2.45. The van der Waals surface area contributed by atoms with Crippen molar-refractivity contribution in [1.29, 1.82) is 0 Å². The molecule has 0 saturated carbocycles. The van der Waals surface area contributed by atoms with Gasteiger partial charge in [-0.1, -0.05) is 29.8 Å². The molecule has 5 heteroatoms. The smallest absolute Gasteiger partial charge is 0.327 e. The number of aryl methyl sites for hydroxylation is 1. The number of hydrogen-bond acceptors (Lipinski definition) is 3. The van der Waals surface area contributed by atoms with Crippen LogP contribution in [0.5, 0.6) is 0 Å². The third-order valence-electron chi connectivity index (χ3n) is 3.91. The molecule has 2 unspecified atom stereocenters. The van der Waals surface area contributed by atoms with E-state index in [9.17, 15) is 14.7 Å². The summed E-state index contributed by atoms with van der Waals surface area (Å²) in [5.41, 5.74) is 2.20. The Morgan fingerprint density at radius 1 is 1.42 bits per heavy atom. The summed E-state index contributed by atoms with van der Waals surface area (Å²) in [6.45, 7) is 2.01. The summed E-state index contributed by atoms with van der Waals surface area (Å²) in [7, 11) is 0. The van der Waals surface area contributed by atoms with Crippen LogP contribution in [-0.2, 0) is 14.5 Å². The molecule has 2 atom stereocenters. The van der Waals surface area contributed by atoms with Crippen LogP contribution < -0.4 is 0 Å². The first kappa shape index (κ1) is 12.5. The largest absolute Gasteiger partial charge is 0.480 e. The van der Waals surface area contributed by atoms with Gasteiger partial charge in [-0.3, -0.25) is 4.79 Å². The zero-order valence-electron chi connectivity index (χ0n) is 10.6. The summed E-state index contributed by atoms with van der Waals surface area (Å²) in [5, 5.41) is 9.28. The molecule has 2 aliphatic rings. The van der Waals surface area contributed by atoms with E-state index in [-0.39, 0.29) is 5.91 Å². The predicted octanol–water partition coefficient (Wildman–Crippen LogP) is 1.97. The van der Waals surface area contributed by atoms with Crippen molar-refractivity contribution in [3.8, 4) is 0 Å². The van der Waals surface area contributed by atoms with Crippen LogP contribution >= 0.6 is 11.8 Å². The van der Waals surface area contributed by atoms with Gasteiger partial charge in [0.2, 0.25) is 5.91 Å². The summed E-state index contributed by atoms with van der Waals surface area (Å²) < 4.78 is 0. The van der Waals surface area contributed by atoms with Crippen molar-refractivity contribution >= 4 is 23.6 Å². The van der Waals surface area contributed by atoms with Crippen molar-refractivity contribution < 1.29 is 14.7 Å². The fourth-order valence-electron chi connectivity index (χ4n) is 2.94. The molecule has 2 fully saturated rings. The average molecular weight is 277 g/mol. The molecule has 100 valence electrons. The van der Waals surface area contributed by atoms with E-state index in [0.717, 1.165) is 11.1 Å². The van der Waals surface area contributed by atoms with Crippen LogP contribution in [0.2, 0.25) is 0 Å². The Hall–Kier alpha value is -1.49. The minimum atomic E-state index is -0.906. The highest BCUT2D eigenvalue weighted by Gasteiger charge is 2.56. The Labute approximate surface area is 115 Å². The number of thioether (sulfide) groups is 1. The lowest BCUT2D eigenvalue weighted by atomic mass is 10.0. The molecule has 0 aromatic heterocycles. The maximum atomic E-state index is 12.1. The molecule has 0 spiro atoms. The summed E-state index contributed by atoms with van der Waals surface area (Å²) >= 11 is 1.58. The highest BCUT2D eigenvalue weighted by atomic mass is 32.2. The van der Waals surface area contributed by atoms with Crippen molar-refractivity contribution in [3.63, 3.8) is 0 Å². The molecule has 0 radical (unpaired) electrons. The van der Waals surface area contributed by atoms with Gasteiger partial charge in [0.1, 0.15) is 10.9 Å². The van der Waals surface area contributed by atoms with Gasteiger partial charge >= 0.3 is 5.97 Å². The normalized spacial score (nSPS) is 29.6. The Bertz CT molecular complexity index is 542. The van der Waals surface area contributed by atoms with Gasteiger partial charge in [-0.05, 0) is 18.9 Å². The van der Waals surface area contributed by atoms with E-state index in [1.54, 1.807) is 16.7 Å². The van der Waals surface area contributed by atoms with Gasteiger partial charge in [-0.15, -0.1) is 11.8 Å². The standard InChI is InChI=1S/C14H15NO3S/c1-9-2-4-10(5-3-9)14-7-6-12(16)15(14)11(8-19-14)13(17)18/h2-5,11H,6-8H2,1H3,(H,17,18). The molecular formula is C14H15NO3S. The second kappa shape index (κ2) is 4.27. The maximum absolute atomic E-state index is 12.1. The number of carbonyl (C=O) groups excluding carboxylic acids is 1. The number of hydrogen-bond donors (Lipinski definition) is 1. The summed E-state index contributed by atoms with van der Waals surface area (Å²) in [4.78, 5) is 24.5. The molecule has 19 heavy (non-hydrogen) atoms. The van der Waals surface area contributed by atoms with E-state index in [1.807, 2.05) is 31.2 Å². The zero-order valence-corrected chi connectivity index (χ0v) is 11.4. The van der Waals surface area contributed by atoms with Gasteiger partial charge in [-0.2, -0.15) is 0 Å². The Balaban J connectivity index is 2.05. The zero-order chi connectivity index (χ0) is 13.6. The predicted molar refractivity (Wildman–Crippen MR) is 72.8 cm³/mol. The summed E-state index contributed by atoms with van der Waals surface area (Å²) in [6.07, 6.45) is 1.13. The third-order valence-corrected chi connectivity index (χ3v) is 5.51. The number of rotatable bonds is 2. The number of nitrogens with zero attached hydrogens (tertiary/aromatic N) is 1. The number of aliphatic carboxylic acids is 1. The van der Waals surface area contributed by atoms with Crippen molar-refractivity contribution in [1.82, 2.24) is 4.90 Å². The van der Waals surface area contributed by atoms with Crippen molar-refractivity contribution in [2.45, 2.75) is 30.7 Å². The number of fused-ring (bicyclic) bond motifs is 1. The fraction of sp³-hybridized carbons (Fsp3) is 0.429. The molecule has 1 amide bonds. The summed E-state index contributed by atoms with van der Waals surface area (Å²) in [6, 6.07) is 7.36. The van der Waals surface area contributed by atoms with Crippen molar-refractivity contribution in [2.75, 3.05) is 5.75 Å². The van der Waals surface area contributed by atoms with Crippen molar-refractivity contribution in [3.05, 3.63) is 35.4 Å². The second-order valence-corrected chi connectivity index (χ2v) is 6.38. The van der Waals surface area contributed by atoms with Gasteiger partial charge in [0.15, 0.2) is 0 Å². The molecule has 3 rings (SSSR count). The lowest BCUT2D eigenvalue weighted by molar-refractivity contribution is -0.148. The van der Waals surface area contributed by atoms with Crippen molar-refractivity contribution in [2.24, 2.45) is 0 Å². The number of carboxylic acids is 1. The van der Waals surface area contributed by atoms with E-state index in [4.69, 9.17) is 0 Å². The highest BCUT2D eigenvalue weighted by molar-refractivity contribution is 8.00. The van der Waals surface area contributed by atoms with Gasteiger partial charge in [-0.25, -0.2) is 4.79 Å². The van der Waals surface area contributed by atoms with E-state index in [2.05, 4.69) is 0 Å². The molecule has 2 aliphatic heterocycles. The number of carboxylic acid groups (broad SMARTS) is 1. The second-order valence-electron chi connectivity index (χ2n) is 5.08. The van der Waals surface area contributed by atoms with Gasteiger partial charge in [0.05, 0.1) is 0 Å². The molecule has 1 aromatic rings. The molecule has 0 aliphatic carbocycles. The fourth-order valence-corrected chi connectivity index (χ4v) is 4.58. The SMILES string of the molecule is Cc1ccc(C23CCC(=O)N2C(C(=O)O)CS3)cc1. The van der Waals surface area contributed by atoms with E-state index in [1.165, 1.54) is 0 Å². The first-order valence-electron chi connectivity index (χ1n) is 6.31. The molecule has 0 bridgehead atoms.